The molecule has 0 aromatic heterocycles. The predicted molar refractivity (Wildman–Crippen MR) is 72.1 cm³/mol. The molecule has 9 heteroatoms. The van der Waals surface area contributed by atoms with Crippen LogP contribution in [0.25, 0.3) is 0 Å². The van der Waals surface area contributed by atoms with Gasteiger partial charge in [-0.1, -0.05) is 35.9 Å². The number of hydrogen-bond donors (Lipinski definition) is 1. The number of rotatable bonds is 1. The SMILES string of the molecule is CCOC(C)=O.CO.Cc1ccccc1.O=S(=O)([O-])[O-].[Cu+2]. The summed E-state index contributed by atoms with van der Waals surface area (Å²) in [5.74, 6) is -0.211. The van der Waals surface area contributed by atoms with Gasteiger partial charge in [-0.05, 0) is 13.8 Å². The van der Waals surface area contributed by atoms with Gasteiger partial charge in [0.1, 0.15) is 0 Å². The normalized spacial score (nSPS) is 8.14. The molecule has 0 spiro atoms. The number of esters is 1. The van der Waals surface area contributed by atoms with Gasteiger partial charge in [0.15, 0.2) is 0 Å². The van der Waals surface area contributed by atoms with Crippen LogP contribution < -0.4 is 0 Å². The van der Waals surface area contributed by atoms with Crippen LogP contribution in [0.2, 0.25) is 0 Å². The Morgan fingerprint density at radius 1 is 1.19 bits per heavy atom. The molecule has 1 aromatic rings. The zero-order valence-corrected chi connectivity index (χ0v) is 14.0. The Hall–Kier alpha value is -0.961. The van der Waals surface area contributed by atoms with Crippen LogP contribution in [0, 0.1) is 6.92 Å². The fraction of sp³-hybridized carbons (Fsp3) is 0.417. The molecule has 7 nitrogen and oxygen atoms in total. The van der Waals surface area contributed by atoms with Crippen molar-refractivity contribution >= 4 is 16.4 Å². The Morgan fingerprint density at radius 2 is 1.52 bits per heavy atom. The molecule has 0 bridgehead atoms. The van der Waals surface area contributed by atoms with Crippen molar-refractivity contribution in [3.63, 3.8) is 0 Å². The molecule has 1 aromatic carbocycles. The average molecular weight is 372 g/mol. The van der Waals surface area contributed by atoms with Gasteiger partial charge >= 0.3 is 23.0 Å². The number of aliphatic hydroxyl groups excluding tert-OH is 1. The van der Waals surface area contributed by atoms with Gasteiger partial charge in [0.05, 0.1) is 6.61 Å². The third-order valence-electron chi connectivity index (χ3n) is 1.29. The van der Waals surface area contributed by atoms with Gasteiger partial charge in [0.25, 0.3) is 0 Å². The molecule has 0 aliphatic heterocycles. The van der Waals surface area contributed by atoms with Crippen molar-refractivity contribution in [2.75, 3.05) is 13.7 Å². The van der Waals surface area contributed by atoms with E-state index in [1.54, 1.807) is 6.92 Å². The van der Waals surface area contributed by atoms with Gasteiger partial charge in [0.2, 0.25) is 0 Å². The van der Waals surface area contributed by atoms with E-state index in [0.717, 1.165) is 7.11 Å². The Bertz CT molecular complexity index is 412. The summed E-state index contributed by atoms with van der Waals surface area (Å²) in [6, 6.07) is 10.3. The monoisotopic (exact) mass is 371 g/mol. The van der Waals surface area contributed by atoms with Gasteiger partial charge in [-0.3, -0.25) is 13.2 Å². The zero-order chi connectivity index (χ0) is 16.6. The van der Waals surface area contributed by atoms with Gasteiger partial charge < -0.3 is 18.9 Å². The summed E-state index contributed by atoms with van der Waals surface area (Å²) in [5.41, 5.74) is 1.32. The van der Waals surface area contributed by atoms with E-state index in [1.807, 2.05) is 18.2 Å². The molecule has 21 heavy (non-hydrogen) atoms. The first kappa shape index (κ1) is 28.2. The average Bonchev–Trinajstić information content (AvgIpc) is 2.31. The van der Waals surface area contributed by atoms with E-state index < -0.39 is 10.4 Å². The maximum Gasteiger partial charge on any atom is 2.00 e. The summed E-state index contributed by atoms with van der Waals surface area (Å²) in [5, 5.41) is 7.00. The summed E-state index contributed by atoms with van der Waals surface area (Å²) in [6.07, 6.45) is 0. The number of aliphatic hydroxyl groups is 1. The molecular weight excluding hydrogens is 352 g/mol. The number of benzene rings is 1. The molecule has 1 rings (SSSR count). The summed E-state index contributed by atoms with van der Waals surface area (Å²) in [4.78, 5) is 9.82. The molecular formula is C12H20CuO7S. The molecule has 0 aliphatic carbocycles. The molecule has 1 N–H and O–H groups in total. The van der Waals surface area contributed by atoms with Gasteiger partial charge in [-0.2, -0.15) is 0 Å². The van der Waals surface area contributed by atoms with Gasteiger partial charge in [0, 0.05) is 24.4 Å². The van der Waals surface area contributed by atoms with E-state index in [9.17, 15) is 4.79 Å². The van der Waals surface area contributed by atoms with E-state index >= 15 is 0 Å². The van der Waals surface area contributed by atoms with Gasteiger partial charge in [-0.25, -0.2) is 0 Å². The van der Waals surface area contributed by atoms with Crippen molar-refractivity contribution < 1.29 is 49.2 Å². The minimum atomic E-state index is -5.17. The third-order valence-corrected chi connectivity index (χ3v) is 1.29. The van der Waals surface area contributed by atoms with Crippen LogP contribution in [-0.4, -0.2) is 42.3 Å². The largest absolute Gasteiger partial charge is 2.00 e. The van der Waals surface area contributed by atoms with Gasteiger partial charge in [-0.15, -0.1) is 0 Å². The van der Waals surface area contributed by atoms with Crippen molar-refractivity contribution in [3.05, 3.63) is 35.9 Å². The van der Waals surface area contributed by atoms with E-state index in [0.29, 0.717) is 6.61 Å². The Kier molecular flexibility index (Phi) is 25.6. The number of ether oxygens (including phenoxy) is 1. The van der Waals surface area contributed by atoms with Crippen molar-refractivity contribution in [1.29, 1.82) is 0 Å². The molecule has 0 amide bonds. The molecule has 0 atom stereocenters. The van der Waals surface area contributed by atoms with E-state index in [-0.39, 0.29) is 23.0 Å². The molecule has 0 aliphatic rings. The van der Waals surface area contributed by atoms with Crippen LogP contribution in [0.3, 0.4) is 0 Å². The van der Waals surface area contributed by atoms with Crippen molar-refractivity contribution in [2.24, 2.45) is 0 Å². The first-order valence-corrected chi connectivity index (χ1v) is 6.76. The third kappa shape index (κ3) is 54.8. The second-order valence-electron chi connectivity index (χ2n) is 2.99. The fourth-order valence-corrected chi connectivity index (χ4v) is 0.738. The van der Waals surface area contributed by atoms with Crippen molar-refractivity contribution in [2.45, 2.75) is 20.8 Å². The second kappa shape index (κ2) is 19.0. The molecule has 0 fully saturated rings. The smallest absolute Gasteiger partial charge is 0.759 e. The Balaban J connectivity index is -0.0000000966. The Labute approximate surface area is 136 Å². The van der Waals surface area contributed by atoms with Crippen LogP contribution in [0.5, 0.6) is 0 Å². The fourth-order valence-electron chi connectivity index (χ4n) is 0.738. The maximum atomic E-state index is 9.82. The molecule has 0 unspecified atom stereocenters. The molecule has 0 saturated carbocycles. The molecule has 1 radical (unpaired) electrons. The van der Waals surface area contributed by atoms with E-state index in [2.05, 4.69) is 23.8 Å². The number of carbonyl (C=O) groups excluding carboxylic acids is 1. The summed E-state index contributed by atoms with van der Waals surface area (Å²) >= 11 is 0. The molecule has 0 saturated heterocycles. The predicted octanol–water partition coefficient (Wildman–Crippen LogP) is 0.832. The maximum absolute atomic E-state index is 9.82. The Morgan fingerprint density at radius 3 is 1.62 bits per heavy atom. The minimum Gasteiger partial charge on any atom is -0.759 e. The summed E-state index contributed by atoms with van der Waals surface area (Å²) in [6.45, 7) is 5.74. The van der Waals surface area contributed by atoms with Crippen LogP contribution in [0.4, 0.5) is 0 Å². The first-order chi connectivity index (χ1) is 9.16. The number of aryl methyl sites for hydroxylation is 1. The van der Waals surface area contributed by atoms with Crippen LogP contribution >= 0.6 is 0 Å². The van der Waals surface area contributed by atoms with Crippen LogP contribution in [0.15, 0.2) is 30.3 Å². The van der Waals surface area contributed by atoms with Crippen molar-refractivity contribution in [3.8, 4) is 0 Å². The topological polar surface area (TPSA) is 127 Å². The van der Waals surface area contributed by atoms with E-state index in [4.69, 9.17) is 22.6 Å². The zero-order valence-electron chi connectivity index (χ0n) is 12.2. The first-order valence-electron chi connectivity index (χ1n) is 5.43. The number of hydrogen-bond acceptors (Lipinski definition) is 7. The van der Waals surface area contributed by atoms with Crippen LogP contribution in [0.1, 0.15) is 19.4 Å². The van der Waals surface area contributed by atoms with Crippen LogP contribution in [-0.2, 0) is 37.0 Å². The quantitative estimate of drug-likeness (QED) is 0.335. The minimum absolute atomic E-state index is 0. The molecule has 127 valence electrons. The summed E-state index contributed by atoms with van der Waals surface area (Å²) < 4.78 is 38.5. The standard InChI is InChI=1S/C7H8.C4H8O2.CH4O.Cu.H2O4S/c1-7-5-3-2-4-6-7;1-3-6-4(2)5;1-2;;1-5(2,3)4/h2-6H,1H3;3H2,1-2H3;2H,1H3;;(H2,1,2,3,4)/q;;;+2;/p-2. The second-order valence-corrected chi connectivity index (χ2v) is 3.80. The summed E-state index contributed by atoms with van der Waals surface area (Å²) in [7, 11) is -4.17. The van der Waals surface area contributed by atoms with E-state index in [1.165, 1.54) is 12.5 Å². The molecule has 0 heterocycles. The van der Waals surface area contributed by atoms with Crippen molar-refractivity contribution in [1.82, 2.24) is 0 Å². The number of carbonyl (C=O) groups is 1.